The van der Waals surface area contributed by atoms with Gasteiger partial charge < -0.3 is 9.47 Å². The number of ether oxygens (including phenoxy) is 2. The molecule has 114 valence electrons. The standard InChI is InChI=1S/C15H25NO2S2/c1-14(2,17-5)9-11-18-15(3,4)12-19-20-13-8-6-7-10-16-13/h6-8,10H,9,11-12H2,1-5H3. The normalized spacial score (nSPS) is 12.7. The maximum atomic E-state index is 5.97. The van der Waals surface area contributed by atoms with E-state index in [0.29, 0.717) is 6.61 Å². The summed E-state index contributed by atoms with van der Waals surface area (Å²) < 4.78 is 11.4. The summed E-state index contributed by atoms with van der Waals surface area (Å²) in [4.78, 5) is 4.29. The van der Waals surface area contributed by atoms with Crippen LogP contribution in [0.2, 0.25) is 0 Å². The molecular weight excluding hydrogens is 290 g/mol. The maximum Gasteiger partial charge on any atom is 0.106 e. The van der Waals surface area contributed by atoms with Gasteiger partial charge in [-0.15, -0.1) is 0 Å². The lowest BCUT2D eigenvalue weighted by Gasteiger charge is -2.28. The van der Waals surface area contributed by atoms with E-state index in [0.717, 1.165) is 17.2 Å². The molecule has 0 unspecified atom stereocenters. The van der Waals surface area contributed by atoms with Gasteiger partial charge in [-0.2, -0.15) is 0 Å². The van der Waals surface area contributed by atoms with E-state index in [4.69, 9.17) is 9.47 Å². The number of hydrogen-bond donors (Lipinski definition) is 0. The highest BCUT2D eigenvalue weighted by molar-refractivity contribution is 8.76. The number of pyridine rings is 1. The zero-order chi connectivity index (χ0) is 15.1. The largest absolute Gasteiger partial charge is 0.379 e. The molecule has 1 rings (SSSR count). The van der Waals surface area contributed by atoms with Crippen molar-refractivity contribution in [1.29, 1.82) is 0 Å². The van der Waals surface area contributed by atoms with E-state index < -0.39 is 0 Å². The Hall–Kier alpha value is -0.230. The number of hydrogen-bond acceptors (Lipinski definition) is 5. The molecular formula is C15H25NO2S2. The Morgan fingerprint density at radius 1 is 1.15 bits per heavy atom. The Kier molecular flexibility index (Phi) is 7.37. The van der Waals surface area contributed by atoms with Gasteiger partial charge in [-0.3, -0.25) is 0 Å². The summed E-state index contributed by atoms with van der Waals surface area (Å²) in [5.74, 6) is 0.918. The van der Waals surface area contributed by atoms with Crippen LogP contribution in [-0.4, -0.2) is 35.7 Å². The van der Waals surface area contributed by atoms with Crippen LogP contribution in [-0.2, 0) is 9.47 Å². The number of rotatable bonds is 9. The molecule has 5 heteroatoms. The fraction of sp³-hybridized carbons (Fsp3) is 0.667. The van der Waals surface area contributed by atoms with Crippen LogP contribution in [0.25, 0.3) is 0 Å². The summed E-state index contributed by atoms with van der Waals surface area (Å²) in [6.07, 6.45) is 2.71. The Bertz CT molecular complexity index is 383. The summed E-state index contributed by atoms with van der Waals surface area (Å²) in [6.45, 7) is 9.12. The SMILES string of the molecule is COC(C)(C)CCOC(C)(C)CSSc1ccccn1. The van der Waals surface area contributed by atoms with E-state index in [2.05, 4.69) is 32.7 Å². The fourth-order valence-electron chi connectivity index (χ4n) is 1.34. The first-order chi connectivity index (χ1) is 9.35. The van der Waals surface area contributed by atoms with Crippen molar-refractivity contribution in [3.8, 4) is 0 Å². The molecule has 1 aromatic rings. The molecule has 0 aliphatic rings. The predicted molar refractivity (Wildman–Crippen MR) is 88.3 cm³/mol. The lowest BCUT2D eigenvalue weighted by atomic mass is 10.1. The lowest BCUT2D eigenvalue weighted by molar-refractivity contribution is -0.0480. The molecule has 0 aromatic carbocycles. The van der Waals surface area contributed by atoms with Gasteiger partial charge in [0.2, 0.25) is 0 Å². The van der Waals surface area contributed by atoms with Gasteiger partial charge in [0, 0.05) is 19.1 Å². The first-order valence-electron chi connectivity index (χ1n) is 6.74. The van der Waals surface area contributed by atoms with E-state index in [1.165, 1.54) is 0 Å². The second kappa shape index (κ2) is 8.27. The average Bonchev–Trinajstić information content (AvgIpc) is 2.39. The molecule has 1 aromatic heterocycles. The smallest absolute Gasteiger partial charge is 0.106 e. The molecule has 0 spiro atoms. The minimum Gasteiger partial charge on any atom is -0.379 e. The lowest BCUT2D eigenvalue weighted by Crippen LogP contribution is -2.31. The molecule has 0 bridgehead atoms. The van der Waals surface area contributed by atoms with E-state index in [1.54, 1.807) is 28.7 Å². The topological polar surface area (TPSA) is 31.4 Å². The molecule has 0 saturated carbocycles. The second-order valence-corrected chi connectivity index (χ2v) is 8.15. The highest BCUT2D eigenvalue weighted by Gasteiger charge is 2.22. The quantitative estimate of drug-likeness (QED) is 0.629. The first-order valence-corrected chi connectivity index (χ1v) is 9.06. The van der Waals surface area contributed by atoms with Crippen molar-refractivity contribution in [2.24, 2.45) is 0 Å². The minimum absolute atomic E-state index is 0.119. The van der Waals surface area contributed by atoms with Crippen molar-refractivity contribution in [2.45, 2.75) is 50.3 Å². The van der Waals surface area contributed by atoms with Crippen molar-refractivity contribution in [1.82, 2.24) is 4.98 Å². The van der Waals surface area contributed by atoms with Gasteiger partial charge in [-0.25, -0.2) is 4.98 Å². The van der Waals surface area contributed by atoms with Gasteiger partial charge in [0.25, 0.3) is 0 Å². The molecule has 0 N–H and O–H groups in total. The third kappa shape index (κ3) is 7.53. The van der Waals surface area contributed by atoms with Gasteiger partial charge in [0.1, 0.15) is 5.03 Å². The Balaban J connectivity index is 2.24. The van der Waals surface area contributed by atoms with Crippen LogP contribution >= 0.6 is 21.6 Å². The van der Waals surface area contributed by atoms with Crippen molar-refractivity contribution in [2.75, 3.05) is 19.5 Å². The highest BCUT2D eigenvalue weighted by atomic mass is 33.1. The Morgan fingerprint density at radius 3 is 2.50 bits per heavy atom. The van der Waals surface area contributed by atoms with Crippen LogP contribution in [0.5, 0.6) is 0 Å². The average molecular weight is 316 g/mol. The Morgan fingerprint density at radius 2 is 1.90 bits per heavy atom. The van der Waals surface area contributed by atoms with Crippen molar-refractivity contribution in [3.63, 3.8) is 0 Å². The number of aromatic nitrogens is 1. The van der Waals surface area contributed by atoms with E-state index in [9.17, 15) is 0 Å². The highest BCUT2D eigenvalue weighted by Crippen LogP contribution is 2.32. The molecule has 0 amide bonds. The molecule has 0 atom stereocenters. The summed E-state index contributed by atoms with van der Waals surface area (Å²) in [6, 6.07) is 5.95. The second-order valence-electron chi connectivity index (χ2n) is 5.84. The predicted octanol–water partition coefficient (Wildman–Crippen LogP) is 4.43. The monoisotopic (exact) mass is 315 g/mol. The molecule has 20 heavy (non-hydrogen) atoms. The molecule has 0 radical (unpaired) electrons. The van der Waals surface area contributed by atoms with Crippen LogP contribution in [0.3, 0.4) is 0 Å². The third-order valence-corrected chi connectivity index (χ3v) is 5.50. The molecule has 0 fully saturated rings. The fourth-order valence-corrected chi connectivity index (χ4v) is 3.82. The molecule has 3 nitrogen and oxygen atoms in total. The third-order valence-electron chi connectivity index (χ3n) is 2.94. The summed E-state index contributed by atoms with van der Waals surface area (Å²) in [5.41, 5.74) is -0.262. The maximum absolute atomic E-state index is 5.97. The summed E-state index contributed by atoms with van der Waals surface area (Å²) in [7, 11) is 5.21. The van der Waals surface area contributed by atoms with E-state index >= 15 is 0 Å². The van der Waals surface area contributed by atoms with Crippen molar-refractivity contribution >= 4 is 21.6 Å². The van der Waals surface area contributed by atoms with Gasteiger partial charge in [0.05, 0.1) is 17.8 Å². The molecule has 0 saturated heterocycles. The summed E-state index contributed by atoms with van der Waals surface area (Å²) >= 11 is 0. The summed E-state index contributed by atoms with van der Waals surface area (Å²) in [5, 5.41) is 1.04. The van der Waals surface area contributed by atoms with E-state index in [-0.39, 0.29) is 11.2 Å². The van der Waals surface area contributed by atoms with Gasteiger partial charge in [-0.05, 0) is 57.0 Å². The first kappa shape index (κ1) is 17.8. The zero-order valence-corrected chi connectivity index (χ0v) is 14.6. The number of nitrogens with zero attached hydrogens (tertiary/aromatic N) is 1. The van der Waals surface area contributed by atoms with Crippen LogP contribution in [0, 0.1) is 0 Å². The van der Waals surface area contributed by atoms with E-state index in [1.807, 2.05) is 24.4 Å². The van der Waals surface area contributed by atoms with Gasteiger partial charge >= 0.3 is 0 Å². The molecule has 1 heterocycles. The van der Waals surface area contributed by atoms with Crippen LogP contribution in [0.1, 0.15) is 34.1 Å². The van der Waals surface area contributed by atoms with Gasteiger partial charge in [0.15, 0.2) is 0 Å². The van der Waals surface area contributed by atoms with Crippen molar-refractivity contribution in [3.05, 3.63) is 24.4 Å². The van der Waals surface area contributed by atoms with Gasteiger partial charge in [-0.1, -0.05) is 16.9 Å². The van der Waals surface area contributed by atoms with Crippen LogP contribution in [0.15, 0.2) is 29.4 Å². The minimum atomic E-state index is -0.143. The Labute approximate surface area is 130 Å². The van der Waals surface area contributed by atoms with Crippen LogP contribution < -0.4 is 0 Å². The molecule has 0 aliphatic heterocycles. The zero-order valence-electron chi connectivity index (χ0n) is 13.0. The number of methoxy groups -OCH3 is 1. The van der Waals surface area contributed by atoms with Crippen LogP contribution in [0.4, 0.5) is 0 Å². The van der Waals surface area contributed by atoms with Crippen molar-refractivity contribution < 1.29 is 9.47 Å². The molecule has 0 aliphatic carbocycles.